The molecule has 3 rings (SSSR count). The van der Waals surface area contributed by atoms with Crippen LogP contribution in [0.15, 0.2) is 54.6 Å². The second-order valence-electron chi connectivity index (χ2n) is 5.51. The predicted molar refractivity (Wildman–Crippen MR) is 98.3 cm³/mol. The smallest absolute Gasteiger partial charge is 0.164 e. The number of halogens is 3. The Morgan fingerprint density at radius 3 is 2.24 bits per heavy atom. The monoisotopic (exact) mass is 377 g/mol. The minimum atomic E-state index is -0.308. The first-order valence-corrected chi connectivity index (χ1v) is 8.16. The Hall–Kier alpha value is -2.43. The van der Waals surface area contributed by atoms with E-state index >= 15 is 0 Å². The summed E-state index contributed by atoms with van der Waals surface area (Å²) in [5.41, 5.74) is 7.60. The van der Waals surface area contributed by atoms with Crippen LogP contribution >= 0.6 is 23.2 Å². The molecule has 0 radical (unpaired) electrons. The Labute approximate surface area is 154 Å². The zero-order valence-corrected chi connectivity index (χ0v) is 14.5. The number of benzene rings is 3. The van der Waals surface area contributed by atoms with E-state index in [2.05, 4.69) is 0 Å². The van der Waals surface area contributed by atoms with Crippen molar-refractivity contribution >= 4 is 28.9 Å². The Bertz CT molecular complexity index is 891. The zero-order chi connectivity index (χ0) is 18.0. The average Bonchev–Trinajstić information content (AvgIpc) is 2.56. The summed E-state index contributed by atoms with van der Waals surface area (Å²) in [5, 5.41) is 10.6. The highest BCUT2D eigenvalue weighted by molar-refractivity contribution is 6.37. The average molecular weight is 378 g/mol. The van der Waals surface area contributed by atoms with Gasteiger partial charge in [0.05, 0.1) is 10.0 Å². The molecular weight excluding hydrogens is 364 g/mol. The zero-order valence-electron chi connectivity index (χ0n) is 13.0. The van der Waals surface area contributed by atoms with Crippen molar-refractivity contribution in [2.75, 3.05) is 5.73 Å². The second-order valence-corrected chi connectivity index (χ2v) is 6.32. The van der Waals surface area contributed by atoms with E-state index in [1.165, 1.54) is 18.2 Å². The molecule has 25 heavy (non-hydrogen) atoms. The Kier molecular flexibility index (Phi) is 5.02. The summed E-state index contributed by atoms with van der Waals surface area (Å²) in [4.78, 5) is 0. The van der Waals surface area contributed by atoms with Crippen LogP contribution in [-0.2, 0) is 6.42 Å². The predicted octanol–water partition coefficient (Wildman–Crippen LogP) is 5.80. The lowest BCUT2D eigenvalue weighted by atomic mass is 10.0. The fraction of sp³-hybridized carbons (Fsp3) is 0.0526. The van der Waals surface area contributed by atoms with E-state index < -0.39 is 0 Å². The lowest BCUT2D eigenvalue weighted by Gasteiger charge is -2.12. The van der Waals surface area contributed by atoms with Crippen LogP contribution < -0.4 is 10.5 Å². The largest absolute Gasteiger partial charge is 0.508 e. The van der Waals surface area contributed by atoms with E-state index in [4.69, 9.17) is 33.7 Å². The fourth-order valence-electron chi connectivity index (χ4n) is 2.38. The maximum Gasteiger partial charge on any atom is 0.164 e. The number of hydrogen-bond donors (Lipinski definition) is 2. The van der Waals surface area contributed by atoms with E-state index in [0.717, 1.165) is 5.56 Å². The van der Waals surface area contributed by atoms with Gasteiger partial charge in [0.25, 0.3) is 0 Å². The molecule has 0 aliphatic carbocycles. The number of nitrogens with two attached hydrogens (primary N) is 1. The third kappa shape index (κ3) is 4.16. The van der Waals surface area contributed by atoms with Gasteiger partial charge >= 0.3 is 0 Å². The molecule has 3 aromatic rings. The van der Waals surface area contributed by atoms with Crippen LogP contribution in [0.5, 0.6) is 17.2 Å². The summed E-state index contributed by atoms with van der Waals surface area (Å²) in [6, 6.07) is 14.0. The molecule has 0 spiro atoms. The number of hydrogen-bond acceptors (Lipinski definition) is 3. The Morgan fingerprint density at radius 1 is 0.960 bits per heavy atom. The molecule has 0 heterocycles. The van der Waals surface area contributed by atoms with Crippen molar-refractivity contribution in [3.63, 3.8) is 0 Å². The third-order valence-corrected chi connectivity index (χ3v) is 4.16. The molecule has 3 N–H and O–H groups in total. The number of phenolic OH excluding ortho intramolecular Hbond substituents is 1. The van der Waals surface area contributed by atoms with Crippen LogP contribution in [0.3, 0.4) is 0 Å². The molecule has 0 atom stereocenters. The van der Waals surface area contributed by atoms with Crippen LogP contribution in [0.2, 0.25) is 10.0 Å². The van der Waals surface area contributed by atoms with Gasteiger partial charge in [0.1, 0.15) is 17.3 Å². The van der Waals surface area contributed by atoms with Gasteiger partial charge in [-0.05, 0) is 48.0 Å². The number of nitrogen functional groups attached to an aromatic ring is 1. The SMILES string of the molecule is Nc1cc(Cl)c(Oc2ccc(O)c(Cc3ccc(F)cc3)c2)c(Cl)c1. The van der Waals surface area contributed by atoms with Crippen molar-refractivity contribution in [1.82, 2.24) is 0 Å². The van der Waals surface area contributed by atoms with E-state index in [1.54, 1.807) is 36.4 Å². The molecule has 0 saturated carbocycles. The summed E-state index contributed by atoms with van der Waals surface area (Å²) in [5.74, 6) is 0.559. The first-order valence-electron chi connectivity index (χ1n) is 7.41. The lowest BCUT2D eigenvalue weighted by molar-refractivity contribution is 0.459. The maximum atomic E-state index is 13.0. The van der Waals surface area contributed by atoms with Gasteiger partial charge in [-0.15, -0.1) is 0 Å². The Balaban J connectivity index is 1.88. The second kappa shape index (κ2) is 7.21. The van der Waals surface area contributed by atoms with Crippen LogP contribution in [0.4, 0.5) is 10.1 Å². The molecule has 3 aromatic carbocycles. The minimum absolute atomic E-state index is 0.117. The first kappa shape index (κ1) is 17.4. The van der Waals surface area contributed by atoms with Gasteiger partial charge in [-0.2, -0.15) is 0 Å². The first-order chi connectivity index (χ1) is 11.9. The minimum Gasteiger partial charge on any atom is -0.508 e. The molecule has 0 amide bonds. The van der Waals surface area contributed by atoms with Gasteiger partial charge in [0, 0.05) is 17.7 Å². The third-order valence-electron chi connectivity index (χ3n) is 3.60. The van der Waals surface area contributed by atoms with E-state index in [9.17, 15) is 9.50 Å². The van der Waals surface area contributed by atoms with Gasteiger partial charge in [0.2, 0.25) is 0 Å². The van der Waals surface area contributed by atoms with E-state index in [1.807, 2.05) is 0 Å². The van der Waals surface area contributed by atoms with Crippen molar-refractivity contribution in [3.8, 4) is 17.2 Å². The van der Waals surface area contributed by atoms with E-state index in [-0.39, 0.29) is 27.4 Å². The van der Waals surface area contributed by atoms with Crippen LogP contribution in [0.25, 0.3) is 0 Å². The number of phenols is 1. The summed E-state index contributed by atoms with van der Waals surface area (Å²) in [6.45, 7) is 0. The van der Waals surface area contributed by atoms with Crippen LogP contribution in [0, 0.1) is 5.82 Å². The number of aromatic hydroxyl groups is 1. The molecular formula is C19H14Cl2FNO2. The normalized spacial score (nSPS) is 10.7. The number of anilines is 1. The van der Waals surface area contributed by atoms with Gasteiger partial charge in [-0.25, -0.2) is 4.39 Å². The van der Waals surface area contributed by atoms with E-state index in [0.29, 0.717) is 23.4 Å². The van der Waals surface area contributed by atoms with Gasteiger partial charge < -0.3 is 15.6 Å². The standard InChI is InChI=1S/C19H14Cl2FNO2/c20-16-9-14(23)10-17(21)19(16)25-15-5-6-18(24)12(8-15)7-11-1-3-13(22)4-2-11/h1-6,8-10,24H,7,23H2. The highest BCUT2D eigenvalue weighted by Gasteiger charge is 2.12. The highest BCUT2D eigenvalue weighted by atomic mass is 35.5. The highest BCUT2D eigenvalue weighted by Crippen LogP contribution is 2.39. The van der Waals surface area contributed by atoms with Gasteiger partial charge in [-0.1, -0.05) is 35.3 Å². The molecule has 0 fully saturated rings. The summed E-state index contributed by atoms with van der Waals surface area (Å²) >= 11 is 12.3. The van der Waals surface area contributed by atoms with Crippen molar-refractivity contribution in [1.29, 1.82) is 0 Å². The molecule has 128 valence electrons. The van der Waals surface area contributed by atoms with Crippen LogP contribution in [-0.4, -0.2) is 5.11 Å². The number of rotatable bonds is 4. The maximum absolute atomic E-state index is 13.0. The van der Waals surface area contributed by atoms with Crippen LogP contribution in [0.1, 0.15) is 11.1 Å². The van der Waals surface area contributed by atoms with Crippen molar-refractivity contribution in [2.24, 2.45) is 0 Å². The molecule has 0 unspecified atom stereocenters. The van der Waals surface area contributed by atoms with Crippen molar-refractivity contribution in [2.45, 2.75) is 6.42 Å². The van der Waals surface area contributed by atoms with Crippen molar-refractivity contribution in [3.05, 3.63) is 81.6 Å². The lowest BCUT2D eigenvalue weighted by Crippen LogP contribution is -1.93. The molecule has 0 aliphatic heterocycles. The summed E-state index contributed by atoms with van der Waals surface area (Å²) in [6.07, 6.45) is 0.423. The Morgan fingerprint density at radius 2 is 1.60 bits per heavy atom. The molecule has 0 aliphatic rings. The number of ether oxygens (including phenoxy) is 1. The fourth-order valence-corrected chi connectivity index (χ4v) is 2.97. The molecule has 6 heteroatoms. The molecule has 0 bridgehead atoms. The summed E-state index contributed by atoms with van der Waals surface area (Å²) < 4.78 is 18.8. The van der Waals surface area contributed by atoms with Gasteiger partial charge in [0.15, 0.2) is 5.75 Å². The summed E-state index contributed by atoms with van der Waals surface area (Å²) in [7, 11) is 0. The topological polar surface area (TPSA) is 55.5 Å². The molecule has 0 aromatic heterocycles. The molecule has 3 nitrogen and oxygen atoms in total. The quantitative estimate of drug-likeness (QED) is 0.564. The van der Waals surface area contributed by atoms with Gasteiger partial charge in [-0.3, -0.25) is 0 Å². The van der Waals surface area contributed by atoms with Crippen molar-refractivity contribution < 1.29 is 14.2 Å². The molecule has 0 saturated heterocycles.